The quantitative estimate of drug-likeness (QED) is 0.886. The second-order valence-electron chi connectivity index (χ2n) is 5.40. The van der Waals surface area contributed by atoms with Crippen LogP contribution in [0.25, 0.3) is 0 Å². The van der Waals surface area contributed by atoms with Crippen LogP contribution in [0.3, 0.4) is 0 Å². The van der Waals surface area contributed by atoms with Gasteiger partial charge in [-0.3, -0.25) is 0 Å². The van der Waals surface area contributed by atoms with Crippen molar-refractivity contribution in [3.8, 4) is 0 Å². The highest BCUT2D eigenvalue weighted by atomic mass is 19.1. The molecular weight excluding hydrogens is 229 g/mol. The summed E-state index contributed by atoms with van der Waals surface area (Å²) in [5.74, 6) is 0.986. The maximum absolute atomic E-state index is 13.9. The summed E-state index contributed by atoms with van der Waals surface area (Å²) in [5.41, 5.74) is 0. The highest BCUT2D eigenvalue weighted by molar-refractivity contribution is 5.42. The van der Waals surface area contributed by atoms with E-state index >= 15 is 0 Å². The normalized spacial score (nSPS) is 23.9. The molecule has 0 bridgehead atoms. The van der Waals surface area contributed by atoms with Crippen molar-refractivity contribution in [2.75, 3.05) is 24.5 Å². The lowest BCUT2D eigenvalue weighted by Crippen LogP contribution is -2.40. The van der Waals surface area contributed by atoms with Crippen molar-refractivity contribution in [3.05, 3.63) is 24.1 Å². The van der Waals surface area contributed by atoms with E-state index in [1.54, 1.807) is 12.3 Å². The number of rotatable bonds is 4. The number of nitrogens with one attached hydrogen (secondary N) is 1. The zero-order chi connectivity index (χ0) is 12.4. The molecule has 98 valence electrons. The molecular formula is C14H20FN3. The van der Waals surface area contributed by atoms with Gasteiger partial charge in [-0.25, -0.2) is 9.37 Å². The molecule has 2 aliphatic rings. The summed E-state index contributed by atoms with van der Waals surface area (Å²) in [6.45, 7) is 3.11. The molecule has 0 amide bonds. The van der Waals surface area contributed by atoms with Crippen molar-refractivity contribution in [2.24, 2.45) is 5.92 Å². The number of hydrogen-bond acceptors (Lipinski definition) is 3. The van der Waals surface area contributed by atoms with Crippen molar-refractivity contribution in [1.82, 2.24) is 10.3 Å². The fourth-order valence-corrected chi connectivity index (χ4v) is 2.74. The molecule has 1 unspecified atom stereocenters. The lowest BCUT2D eigenvalue weighted by Gasteiger charge is -2.31. The van der Waals surface area contributed by atoms with Gasteiger partial charge < -0.3 is 10.2 Å². The minimum atomic E-state index is -0.187. The topological polar surface area (TPSA) is 28.2 Å². The molecule has 2 heterocycles. The highest BCUT2D eigenvalue weighted by Crippen LogP contribution is 2.33. The van der Waals surface area contributed by atoms with Crippen molar-refractivity contribution >= 4 is 5.82 Å². The second kappa shape index (κ2) is 5.22. The summed E-state index contributed by atoms with van der Waals surface area (Å²) in [6, 6.07) is 3.68. The molecule has 2 fully saturated rings. The van der Waals surface area contributed by atoms with Crippen LogP contribution in [0.4, 0.5) is 10.2 Å². The Labute approximate surface area is 107 Å². The van der Waals surface area contributed by atoms with Gasteiger partial charge in [-0.05, 0) is 56.8 Å². The lowest BCUT2D eigenvalue weighted by molar-refractivity contribution is 0.374. The van der Waals surface area contributed by atoms with Crippen LogP contribution in [0, 0.1) is 11.7 Å². The Kier molecular flexibility index (Phi) is 3.46. The number of halogens is 1. The molecule has 0 radical (unpaired) electrons. The van der Waals surface area contributed by atoms with E-state index < -0.39 is 0 Å². The molecule has 1 aromatic rings. The van der Waals surface area contributed by atoms with Gasteiger partial charge in [-0.15, -0.1) is 0 Å². The van der Waals surface area contributed by atoms with E-state index in [9.17, 15) is 4.39 Å². The molecule has 1 saturated heterocycles. The maximum Gasteiger partial charge on any atom is 0.165 e. The Hall–Kier alpha value is -1.16. The fourth-order valence-electron chi connectivity index (χ4n) is 2.74. The third kappa shape index (κ3) is 2.64. The summed E-state index contributed by atoms with van der Waals surface area (Å²) in [4.78, 5) is 6.42. The number of aromatic nitrogens is 1. The van der Waals surface area contributed by atoms with Gasteiger partial charge in [0.2, 0.25) is 0 Å². The Bertz CT molecular complexity index is 400. The monoisotopic (exact) mass is 249 g/mol. The summed E-state index contributed by atoms with van der Waals surface area (Å²) in [6.07, 6.45) is 6.51. The van der Waals surface area contributed by atoms with E-state index in [0.29, 0.717) is 17.8 Å². The van der Waals surface area contributed by atoms with E-state index in [1.165, 1.54) is 31.7 Å². The van der Waals surface area contributed by atoms with Gasteiger partial charge in [0.25, 0.3) is 0 Å². The van der Waals surface area contributed by atoms with E-state index in [2.05, 4.69) is 15.2 Å². The number of hydrogen-bond donors (Lipinski definition) is 1. The van der Waals surface area contributed by atoms with E-state index in [4.69, 9.17) is 0 Å². The first-order chi connectivity index (χ1) is 8.84. The van der Waals surface area contributed by atoms with E-state index in [0.717, 1.165) is 19.6 Å². The summed E-state index contributed by atoms with van der Waals surface area (Å²) < 4.78 is 13.9. The minimum Gasteiger partial charge on any atom is -0.351 e. The third-order valence-electron chi connectivity index (χ3n) is 3.85. The number of pyridine rings is 1. The van der Waals surface area contributed by atoms with Crippen LogP contribution >= 0.6 is 0 Å². The van der Waals surface area contributed by atoms with Crippen molar-refractivity contribution < 1.29 is 4.39 Å². The Morgan fingerprint density at radius 2 is 2.28 bits per heavy atom. The molecule has 3 nitrogen and oxygen atoms in total. The standard InChI is InChI=1S/C14H20FN3/c15-13-4-2-8-17-14(13)18(12-5-6-12)10-11-3-1-7-16-9-11/h2,4,8,11-12,16H,1,3,5-7,9-10H2. The van der Waals surface area contributed by atoms with Crippen LogP contribution < -0.4 is 10.2 Å². The molecule has 18 heavy (non-hydrogen) atoms. The zero-order valence-corrected chi connectivity index (χ0v) is 10.6. The van der Waals surface area contributed by atoms with E-state index in [-0.39, 0.29) is 5.82 Å². The first-order valence-corrected chi connectivity index (χ1v) is 6.92. The molecule has 1 aliphatic heterocycles. The minimum absolute atomic E-state index is 0.187. The predicted molar refractivity (Wildman–Crippen MR) is 70.2 cm³/mol. The molecule has 1 N–H and O–H groups in total. The first-order valence-electron chi connectivity index (χ1n) is 6.92. The van der Waals surface area contributed by atoms with Gasteiger partial charge >= 0.3 is 0 Å². The summed E-state index contributed by atoms with van der Waals surface area (Å²) in [5, 5.41) is 3.42. The first kappa shape index (κ1) is 11.9. The van der Waals surface area contributed by atoms with Crippen molar-refractivity contribution in [2.45, 2.75) is 31.7 Å². The van der Waals surface area contributed by atoms with Crippen LogP contribution in [-0.2, 0) is 0 Å². The van der Waals surface area contributed by atoms with Gasteiger partial charge in [0.05, 0.1) is 0 Å². The number of nitrogens with zero attached hydrogens (tertiary/aromatic N) is 2. The van der Waals surface area contributed by atoms with Gasteiger partial charge in [0.15, 0.2) is 11.6 Å². The van der Waals surface area contributed by atoms with Gasteiger partial charge in [-0.2, -0.15) is 0 Å². The lowest BCUT2D eigenvalue weighted by atomic mass is 9.99. The smallest absolute Gasteiger partial charge is 0.165 e. The highest BCUT2D eigenvalue weighted by Gasteiger charge is 2.33. The summed E-state index contributed by atoms with van der Waals surface area (Å²) in [7, 11) is 0. The average molecular weight is 249 g/mol. The van der Waals surface area contributed by atoms with Crippen molar-refractivity contribution in [1.29, 1.82) is 0 Å². The number of piperidine rings is 1. The number of anilines is 1. The van der Waals surface area contributed by atoms with Crippen LogP contribution in [0.2, 0.25) is 0 Å². The third-order valence-corrected chi connectivity index (χ3v) is 3.85. The van der Waals surface area contributed by atoms with Gasteiger partial charge in [-0.1, -0.05) is 0 Å². The van der Waals surface area contributed by atoms with Crippen LogP contribution in [0.5, 0.6) is 0 Å². The summed E-state index contributed by atoms with van der Waals surface area (Å²) >= 11 is 0. The molecule has 1 aliphatic carbocycles. The Morgan fingerprint density at radius 3 is 2.94 bits per heavy atom. The molecule has 1 atom stereocenters. The SMILES string of the molecule is Fc1cccnc1N(CC1CCCNC1)C1CC1. The largest absolute Gasteiger partial charge is 0.351 e. The van der Waals surface area contributed by atoms with Gasteiger partial charge in [0, 0.05) is 18.8 Å². The average Bonchev–Trinajstić information content (AvgIpc) is 3.23. The predicted octanol–water partition coefficient (Wildman–Crippen LogP) is 2.19. The van der Waals surface area contributed by atoms with Crippen LogP contribution in [-0.4, -0.2) is 30.7 Å². The molecule has 4 heteroatoms. The molecule has 0 aromatic carbocycles. The molecule has 1 saturated carbocycles. The Morgan fingerprint density at radius 1 is 1.39 bits per heavy atom. The molecule has 3 rings (SSSR count). The Balaban J connectivity index is 1.73. The fraction of sp³-hybridized carbons (Fsp3) is 0.643. The zero-order valence-electron chi connectivity index (χ0n) is 10.6. The van der Waals surface area contributed by atoms with Gasteiger partial charge in [0.1, 0.15) is 0 Å². The maximum atomic E-state index is 13.9. The second-order valence-corrected chi connectivity index (χ2v) is 5.40. The van der Waals surface area contributed by atoms with E-state index in [1.807, 2.05) is 0 Å². The molecule has 0 spiro atoms. The van der Waals surface area contributed by atoms with Crippen LogP contribution in [0.15, 0.2) is 18.3 Å². The molecule has 1 aromatic heterocycles. The van der Waals surface area contributed by atoms with Crippen LogP contribution in [0.1, 0.15) is 25.7 Å². The van der Waals surface area contributed by atoms with Crippen molar-refractivity contribution in [3.63, 3.8) is 0 Å².